The number of carbonyl (C=O) groups is 1. The van der Waals surface area contributed by atoms with Gasteiger partial charge < -0.3 is 10.1 Å². The normalized spacial score (nSPS) is 17.7. The van der Waals surface area contributed by atoms with Crippen LogP contribution in [0, 0.1) is 11.3 Å². The van der Waals surface area contributed by atoms with Crippen LogP contribution in [-0.2, 0) is 9.53 Å². The van der Waals surface area contributed by atoms with Crippen LogP contribution in [0.15, 0.2) is 36.5 Å². The minimum Gasteiger partial charge on any atom is -0.368 e. The number of nitrogens with zero attached hydrogens (tertiary/aromatic N) is 3. The first kappa shape index (κ1) is 14.3. The first-order valence-corrected chi connectivity index (χ1v) is 7.25. The monoisotopic (exact) mass is 296 g/mol. The third kappa shape index (κ3) is 3.00. The fourth-order valence-electron chi connectivity index (χ4n) is 2.44. The van der Waals surface area contributed by atoms with E-state index in [0.717, 1.165) is 24.9 Å². The number of hydrogen-bond acceptors (Lipinski definition) is 4. The van der Waals surface area contributed by atoms with Gasteiger partial charge in [0.1, 0.15) is 11.9 Å². The molecule has 1 N–H and O–H groups in total. The smallest absolute Gasteiger partial charge is 0.254 e. The van der Waals surface area contributed by atoms with E-state index in [1.54, 1.807) is 41.2 Å². The summed E-state index contributed by atoms with van der Waals surface area (Å²) in [6, 6.07) is 10.8. The van der Waals surface area contributed by atoms with Gasteiger partial charge in [-0.05, 0) is 43.5 Å². The number of aromatic nitrogens is 2. The second-order valence-corrected chi connectivity index (χ2v) is 5.13. The average molecular weight is 296 g/mol. The van der Waals surface area contributed by atoms with Gasteiger partial charge in [0.25, 0.3) is 5.91 Å². The van der Waals surface area contributed by atoms with Crippen LogP contribution in [0.1, 0.15) is 24.8 Å². The van der Waals surface area contributed by atoms with Crippen molar-refractivity contribution in [1.29, 1.82) is 5.26 Å². The topological polar surface area (TPSA) is 79.9 Å². The Morgan fingerprint density at radius 2 is 2.14 bits per heavy atom. The highest BCUT2D eigenvalue weighted by atomic mass is 16.5. The van der Waals surface area contributed by atoms with Gasteiger partial charge in [-0.15, -0.1) is 0 Å². The molecule has 1 amide bonds. The first-order valence-electron chi connectivity index (χ1n) is 7.25. The van der Waals surface area contributed by atoms with Gasteiger partial charge in [0.05, 0.1) is 23.5 Å². The van der Waals surface area contributed by atoms with Crippen LogP contribution >= 0.6 is 0 Å². The van der Waals surface area contributed by atoms with E-state index in [4.69, 9.17) is 10.00 Å². The number of nitriles is 1. The summed E-state index contributed by atoms with van der Waals surface area (Å²) in [6.45, 7) is 0.632. The maximum Gasteiger partial charge on any atom is 0.254 e. The Hall–Kier alpha value is -2.65. The third-order valence-electron chi connectivity index (χ3n) is 3.61. The molecule has 0 aliphatic carbocycles. The Kier molecular flexibility index (Phi) is 4.17. The third-order valence-corrected chi connectivity index (χ3v) is 3.61. The molecule has 1 unspecified atom stereocenters. The van der Waals surface area contributed by atoms with Gasteiger partial charge in [-0.25, -0.2) is 4.68 Å². The van der Waals surface area contributed by atoms with Crippen LogP contribution in [0.5, 0.6) is 0 Å². The van der Waals surface area contributed by atoms with E-state index >= 15 is 0 Å². The first-order chi connectivity index (χ1) is 10.8. The van der Waals surface area contributed by atoms with Crippen LogP contribution in [-0.4, -0.2) is 28.4 Å². The van der Waals surface area contributed by atoms with Crippen molar-refractivity contribution < 1.29 is 9.53 Å². The molecule has 3 rings (SSSR count). The van der Waals surface area contributed by atoms with Gasteiger partial charge in [0, 0.05) is 12.7 Å². The fraction of sp³-hybridized carbons (Fsp3) is 0.312. The van der Waals surface area contributed by atoms with Crippen molar-refractivity contribution in [3.05, 3.63) is 42.1 Å². The lowest BCUT2D eigenvalue weighted by Gasteiger charge is -2.21. The van der Waals surface area contributed by atoms with Gasteiger partial charge >= 0.3 is 0 Å². The van der Waals surface area contributed by atoms with Crippen LogP contribution in [0.25, 0.3) is 5.69 Å². The van der Waals surface area contributed by atoms with E-state index in [-0.39, 0.29) is 5.91 Å². The van der Waals surface area contributed by atoms with Crippen LogP contribution in [0.2, 0.25) is 0 Å². The quantitative estimate of drug-likeness (QED) is 0.942. The number of amides is 1. The molecule has 1 aromatic carbocycles. The molecule has 1 aliphatic rings. The van der Waals surface area contributed by atoms with Crippen molar-refractivity contribution in [2.75, 3.05) is 11.9 Å². The van der Waals surface area contributed by atoms with Crippen molar-refractivity contribution in [2.45, 2.75) is 25.4 Å². The van der Waals surface area contributed by atoms with Crippen molar-refractivity contribution >= 4 is 11.7 Å². The lowest BCUT2D eigenvalue weighted by atomic mass is 10.1. The number of carbonyl (C=O) groups excluding carboxylic acids is 1. The largest absolute Gasteiger partial charge is 0.368 e. The molecule has 0 radical (unpaired) electrons. The predicted molar refractivity (Wildman–Crippen MR) is 80.5 cm³/mol. The summed E-state index contributed by atoms with van der Waals surface area (Å²) in [4.78, 5) is 12.2. The molecule has 1 aliphatic heterocycles. The van der Waals surface area contributed by atoms with Gasteiger partial charge in [0.2, 0.25) is 0 Å². The Bertz CT molecular complexity index is 694. The highest BCUT2D eigenvalue weighted by molar-refractivity contribution is 5.93. The second-order valence-electron chi connectivity index (χ2n) is 5.13. The van der Waals surface area contributed by atoms with E-state index in [2.05, 4.69) is 16.5 Å². The van der Waals surface area contributed by atoms with Crippen LogP contribution < -0.4 is 5.32 Å². The Labute approximate surface area is 128 Å². The molecule has 1 saturated heterocycles. The summed E-state index contributed by atoms with van der Waals surface area (Å²) in [5.41, 5.74) is 1.36. The standard InChI is InChI=1S/C16H16N4O2/c17-11-12-4-6-13(7-5-12)20-15(8-9-18-20)19-16(21)14-3-1-2-10-22-14/h4-9,14H,1-3,10H2,(H,19,21). The minimum absolute atomic E-state index is 0.143. The van der Waals surface area contributed by atoms with Gasteiger partial charge in [-0.3, -0.25) is 4.79 Å². The zero-order valence-corrected chi connectivity index (χ0v) is 12.0. The molecule has 112 valence electrons. The highest BCUT2D eigenvalue weighted by Gasteiger charge is 2.23. The molecule has 2 heterocycles. The molecule has 1 fully saturated rings. The Morgan fingerprint density at radius 3 is 2.82 bits per heavy atom. The number of hydrogen-bond donors (Lipinski definition) is 1. The Balaban J connectivity index is 1.76. The number of ether oxygens (including phenoxy) is 1. The van der Waals surface area contributed by atoms with E-state index in [1.807, 2.05) is 0 Å². The molecule has 6 heteroatoms. The predicted octanol–water partition coefficient (Wildman–Crippen LogP) is 2.25. The molecular weight excluding hydrogens is 280 g/mol. The van der Waals surface area contributed by atoms with Crippen molar-refractivity contribution in [2.24, 2.45) is 0 Å². The lowest BCUT2D eigenvalue weighted by molar-refractivity contribution is -0.130. The number of rotatable bonds is 3. The summed E-state index contributed by atoms with van der Waals surface area (Å²) in [5.74, 6) is 0.443. The molecule has 0 saturated carbocycles. The van der Waals surface area contributed by atoms with E-state index in [1.165, 1.54) is 0 Å². The summed E-state index contributed by atoms with van der Waals surface area (Å²) in [6.07, 6.45) is 3.99. The highest BCUT2D eigenvalue weighted by Crippen LogP contribution is 2.18. The van der Waals surface area contributed by atoms with Crippen LogP contribution in [0.3, 0.4) is 0 Å². The summed E-state index contributed by atoms with van der Waals surface area (Å²) < 4.78 is 7.11. The SMILES string of the molecule is N#Cc1ccc(-n2nccc2NC(=O)C2CCCCO2)cc1. The van der Waals surface area contributed by atoms with Crippen molar-refractivity contribution in [3.63, 3.8) is 0 Å². The zero-order valence-electron chi connectivity index (χ0n) is 12.0. The minimum atomic E-state index is -0.391. The molecule has 0 bridgehead atoms. The molecule has 2 aromatic rings. The van der Waals surface area contributed by atoms with E-state index < -0.39 is 6.10 Å². The average Bonchev–Trinajstić information content (AvgIpc) is 3.04. The molecule has 0 spiro atoms. The molecular formula is C16H16N4O2. The summed E-state index contributed by atoms with van der Waals surface area (Å²) in [5, 5.41) is 15.9. The van der Waals surface area contributed by atoms with Gasteiger partial charge in [0.15, 0.2) is 0 Å². The van der Waals surface area contributed by atoms with Crippen molar-refractivity contribution in [3.8, 4) is 11.8 Å². The van der Waals surface area contributed by atoms with Crippen LogP contribution in [0.4, 0.5) is 5.82 Å². The van der Waals surface area contributed by atoms with Gasteiger partial charge in [-0.2, -0.15) is 10.4 Å². The maximum atomic E-state index is 12.2. The van der Waals surface area contributed by atoms with E-state index in [0.29, 0.717) is 18.0 Å². The Morgan fingerprint density at radius 1 is 1.32 bits per heavy atom. The summed E-state index contributed by atoms with van der Waals surface area (Å²) >= 11 is 0. The second kappa shape index (κ2) is 6.41. The van der Waals surface area contributed by atoms with Crippen molar-refractivity contribution in [1.82, 2.24) is 9.78 Å². The maximum absolute atomic E-state index is 12.2. The number of nitrogens with one attached hydrogen (secondary N) is 1. The molecule has 1 atom stereocenters. The fourth-order valence-corrected chi connectivity index (χ4v) is 2.44. The number of anilines is 1. The van der Waals surface area contributed by atoms with Gasteiger partial charge in [-0.1, -0.05) is 0 Å². The molecule has 1 aromatic heterocycles. The molecule has 6 nitrogen and oxygen atoms in total. The molecule has 22 heavy (non-hydrogen) atoms. The number of benzene rings is 1. The summed E-state index contributed by atoms with van der Waals surface area (Å²) in [7, 11) is 0. The van der Waals surface area contributed by atoms with E-state index in [9.17, 15) is 4.79 Å². The zero-order chi connectivity index (χ0) is 15.4. The lowest BCUT2D eigenvalue weighted by Crippen LogP contribution is -2.33.